The Morgan fingerprint density at radius 3 is 2.12 bits per heavy atom. The molecule has 0 fully saturated rings. The molecular weight excluding hydrogens is 313 g/mol. The largest absolute Gasteiger partial charge is 0.299 e. The van der Waals surface area contributed by atoms with E-state index in [4.69, 9.17) is 0 Å². The first-order valence-electron chi connectivity index (χ1n) is 8.06. The number of carbonyl (C=O) groups excluding carboxylic acids is 1. The second kappa shape index (κ2) is 7.22. The lowest BCUT2D eigenvalue weighted by Crippen LogP contribution is -2.00. The predicted molar refractivity (Wildman–Crippen MR) is 99.6 cm³/mol. The van der Waals surface area contributed by atoms with Crippen LogP contribution in [0.1, 0.15) is 17.0 Å². The van der Waals surface area contributed by atoms with Gasteiger partial charge < -0.3 is 0 Å². The van der Waals surface area contributed by atoms with Crippen LogP contribution >= 0.6 is 0 Å². The summed E-state index contributed by atoms with van der Waals surface area (Å²) in [5.41, 5.74) is 6.45. The lowest BCUT2D eigenvalue weighted by molar-refractivity contribution is -0.104. The van der Waals surface area contributed by atoms with E-state index in [1.807, 2.05) is 44.2 Å². The summed E-state index contributed by atoms with van der Waals surface area (Å²) in [6, 6.07) is 16.4. The molecule has 0 aliphatic rings. The first-order valence-corrected chi connectivity index (χ1v) is 8.06. The van der Waals surface area contributed by atoms with E-state index in [2.05, 4.69) is 4.98 Å². The Kier molecular flexibility index (Phi) is 4.85. The minimum absolute atomic E-state index is 0.280. The summed E-state index contributed by atoms with van der Waals surface area (Å²) in [6.07, 6.45) is 3.97. The molecule has 1 heterocycles. The number of aromatic nitrogens is 1. The zero-order valence-electron chi connectivity index (χ0n) is 14.2. The molecule has 0 N–H and O–H groups in total. The van der Waals surface area contributed by atoms with E-state index in [9.17, 15) is 9.18 Å². The average molecular weight is 331 g/mol. The van der Waals surface area contributed by atoms with Gasteiger partial charge in [0.25, 0.3) is 0 Å². The summed E-state index contributed by atoms with van der Waals surface area (Å²) in [4.78, 5) is 15.5. The second-order valence-corrected chi connectivity index (χ2v) is 5.81. The van der Waals surface area contributed by atoms with Gasteiger partial charge in [-0.3, -0.25) is 9.78 Å². The first kappa shape index (κ1) is 16.8. The second-order valence-electron chi connectivity index (χ2n) is 5.81. The SMILES string of the molecule is Cc1nc(C)c(-c2ccccc2)c(-c2ccc(F)cc2)c1C=CC=O. The number of rotatable bonds is 4. The Balaban J connectivity index is 2.39. The summed E-state index contributed by atoms with van der Waals surface area (Å²) < 4.78 is 13.4. The number of nitrogens with zero attached hydrogens (tertiary/aromatic N) is 1. The number of aryl methyl sites for hydroxylation is 2. The molecule has 0 saturated carbocycles. The van der Waals surface area contributed by atoms with Crippen LogP contribution < -0.4 is 0 Å². The Morgan fingerprint density at radius 2 is 1.48 bits per heavy atom. The van der Waals surface area contributed by atoms with Crippen LogP contribution in [0.15, 0.2) is 60.7 Å². The number of hydrogen-bond donors (Lipinski definition) is 0. The highest BCUT2D eigenvalue weighted by atomic mass is 19.1. The van der Waals surface area contributed by atoms with Crippen LogP contribution in [0, 0.1) is 19.7 Å². The third-order valence-corrected chi connectivity index (χ3v) is 4.14. The van der Waals surface area contributed by atoms with Crippen molar-refractivity contribution in [1.82, 2.24) is 4.98 Å². The van der Waals surface area contributed by atoms with Crippen molar-refractivity contribution >= 4 is 12.4 Å². The average Bonchev–Trinajstić information content (AvgIpc) is 2.62. The van der Waals surface area contributed by atoms with Gasteiger partial charge in [-0.15, -0.1) is 0 Å². The molecule has 0 bridgehead atoms. The fourth-order valence-electron chi connectivity index (χ4n) is 3.08. The first-order chi connectivity index (χ1) is 12.1. The zero-order valence-corrected chi connectivity index (χ0v) is 14.2. The van der Waals surface area contributed by atoms with Crippen molar-refractivity contribution < 1.29 is 9.18 Å². The maximum absolute atomic E-state index is 13.4. The smallest absolute Gasteiger partial charge is 0.142 e. The molecule has 0 radical (unpaired) electrons. The number of halogens is 1. The molecule has 0 unspecified atom stereocenters. The van der Waals surface area contributed by atoms with E-state index < -0.39 is 0 Å². The van der Waals surface area contributed by atoms with Crippen LogP contribution in [0.5, 0.6) is 0 Å². The molecule has 2 aromatic carbocycles. The molecule has 0 atom stereocenters. The Bertz CT molecular complexity index is 928. The maximum atomic E-state index is 13.4. The topological polar surface area (TPSA) is 30.0 Å². The Hall–Kier alpha value is -3.07. The molecule has 0 saturated heterocycles. The predicted octanol–water partition coefficient (Wildman–Crippen LogP) is 5.38. The van der Waals surface area contributed by atoms with Gasteiger partial charge in [0, 0.05) is 28.1 Å². The standard InChI is InChI=1S/C22H18FNO/c1-15-20(9-6-14-25)22(18-10-12-19(23)13-11-18)21(16(2)24-15)17-7-4-3-5-8-17/h3-14H,1-2H3. The van der Waals surface area contributed by atoms with E-state index in [-0.39, 0.29) is 5.82 Å². The molecule has 3 heteroatoms. The molecule has 0 spiro atoms. The van der Waals surface area contributed by atoms with E-state index in [0.29, 0.717) is 0 Å². The number of aldehydes is 1. The fourth-order valence-corrected chi connectivity index (χ4v) is 3.08. The van der Waals surface area contributed by atoms with Gasteiger partial charge >= 0.3 is 0 Å². The van der Waals surface area contributed by atoms with Gasteiger partial charge in [0.15, 0.2) is 0 Å². The summed E-state index contributed by atoms with van der Waals surface area (Å²) in [5.74, 6) is -0.280. The highest BCUT2D eigenvalue weighted by molar-refractivity contribution is 5.92. The van der Waals surface area contributed by atoms with Gasteiger partial charge in [-0.25, -0.2) is 4.39 Å². The lowest BCUT2D eigenvalue weighted by atomic mass is 9.89. The molecule has 0 aliphatic carbocycles. The molecule has 25 heavy (non-hydrogen) atoms. The van der Waals surface area contributed by atoms with Gasteiger partial charge in [-0.2, -0.15) is 0 Å². The lowest BCUT2D eigenvalue weighted by Gasteiger charge is -2.18. The Morgan fingerprint density at radius 1 is 0.840 bits per heavy atom. The molecule has 0 aliphatic heterocycles. The van der Waals surface area contributed by atoms with Crippen LogP contribution in [0.3, 0.4) is 0 Å². The van der Waals surface area contributed by atoms with Crippen molar-refractivity contribution in [3.8, 4) is 22.3 Å². The molecule has 1 aromatic heterocycles. The number of pyridine rings is 1. The van der Waals surface area contributed by atoms with E-state index in [1.165, 1.54) is 18.2 Å². The van der Waals surface area contributed by atoms with Crippen molar-refractivity contribution in [2.24, 2.45) is 0 Å². The summed E-state index contributed by atoms with van der Waals surface area (Å²) in [5, 5.41) is 0. The van der Waals surface area contributed by atoms with E-state index >= 15 is 0 Å². The minimum Gasteiger partial charge on any atom is -0.299 e. The number of allylic oxidation sites excluding steroid dienone is 1. The molecule has 2 nitrogen and oxygen atoms in total. The Labute approximate surface area is 146 Å². The van der Waals surface area contributed by atoms with Gasteiger partial charge in [-0.05, 0) is 49.3 Å². The van der Waals surface area contributed by atoms with Crippen molar-refractivity contribution in [3.63, 3.8) is 0 Å². The van der Waals surface area contributed by atoms with E-state index in [0.717, 1.165) is 45.5 Å². The van der Waals surface area contributed by atoms with Gasteiger partial charge in [0.05, 0.1) is 0 Å². The van der Waals surface area contributed by atoms with Gasteiger partial charge in [-0.1, -0.05) is 42.5 Å². The minimum atomic E-state index is -0.280. The fraction of sp³-hybridized carbons (Fsp3) is 0.0909. The molecule has 124 valence electrons. The monoisotopic (exact) mass is 331 g/mol. The van der Waals surface area contributed by atoms with Crippen molar-refractivity contribution in [2.75, 3.05) is 0 Å². The molecule has 3 aromatic rings. The molecular formula is C22H18FNO. The van der Waals surface area contributed by atoms with Crippen molar-refractivity contribution in [3.05, 3.63) is 83.4 Å². The molecule has 0 amide bonds. The van der Waals surface area contributed by atoms with Crippen LogP contribution in [0.4, 0.5) is 4.39 Å². The van der Waals surface area contributed by atoms with Crippen molar-refractivity contribution in [2.45, 2.75) is 13.8 Å². The van der Waals surface area contributed by atoms with Gasteiger partial charge in [0.1, 0.15) is 12.1 Å². The zero-order chi connectivity index (χ0) is 17.8. The number of hydrogen-bond acceptors (Lipinski definition) is 2. The highest BCUT2D eigenvalue weighted by Gasteiger charge is 2.17. The van der Waals surface area contributed by atoms with Crippen LogP contribution in [-0.4, -0.2) is 11.3 Å². The van der Waals surface area contributed by atoms with Crippen LogP contribution in [0.2, 0.25) is 0 Å². The summed E-state index contributed by atoms with van der Waals surface area (Å²) in [7, 11) is 0. The summed E-state index contributed by atoms with van der Waals surface area (Å²) >= 11 is 0. The third-order valence-electron chi connectivity index (χ3n) is 4.14. The third kappa shape index (κ3) is 3.41. The van der Waals surface area contributed by atoms with Crippen LogP contribution in [0.25, 0.3) is 28.3 Å². The maximum Gasteiger partial charge on any atom is 0.142 e. The van der Waals surface area contributed by atoms with Crippen LogP contribution in [-0.2, 0) is 4.79 Å². The summed E-state index contributed by atoms with van der Waals surface area (Å²) in [6.45, 7) is 3.88. The van der Waals surface area contributed by atoms with Gasteiger partial charge in [0.2, 0.25) is 0 Å². The van der Waals surface area contributed by atoms with E-state index in [1.54, 1.807) is 18.2 Å². The normalized spacial score (nSPS) is 11.0. The molecule has 3 rings (SSSR count). The van der Waals surface area contributed by atoms with Crippen molar-refractivity contribution in [1.29, 1.82) is 0 Å². The number of carbonyl (C=O) groups is 1. The number of benzene rings is 2. The quantitative estimate of drug-likeness (QED) is 0.474. The highest BCUT2D eigenvalue weighted by Crippen LogP contribution is 2.38.